The van der Waals surface area contributed by atoms with Gasteiger partial charge in [0.2, 0.25) is 0 Å². The second-order valence-electron chi connectivity index (χ2n) is 6.44. The van der Waals surface area contributed by atoms with E-state index in [0.717, 1.165) is 35.4 Å². The number of hydrogen-bond donors (Lipinski definition) is 0. The van der Waals surface area contributed by atoms with Crippen molar-refractivity contribution < 1.29 is 28.4 Å². The van der Waals surface area contributed by atoms with E-state index in [9.17, 15) is 0 Å². The summed E-state index contributed by atoms with van der Waals surface area (Å²) in [5, 5.41) is 0. The van der Waals surface area contributed by atoms with Crippen LogP contribution in [-0.2, 0) is 9.47 Å². The zero-order valence-electron chi connectivity index (χ0n) is 16.1. The van der Waals surface area contributed by atoms with E-state index in [4.69, 9.17) is 28.4 Å². The molecule has 0 N–H and O–H groups in total. The molecule has 0 spiro atoms. The Morgan fingerprint density at radius 1 is 0.655 bits per heavy atom. The van der Waals surface area contributed by atoms with E-state index < -0.39 is 0 Å². The van der Waals surface area contributed by atoms with Crippen LogP contribution in [0.4, 0.5) is 0 Å². The maximum Gasteiger partial charge on any atom is 0.188 e. The van der Waals surface area contributed by atoms with Crippen molar-refractivity contribution in [2.75, 3.05) is 27.1 Å². The lowest BCUT2D eigenvalue weighted by atomic mass is 10.3. The number of epoxide rings is 1. The van der Waals surface area contributed by atoms with Crippen molar-refractivity contribution in [1.29, 1.82) is 0 Å². The lowest BCUT2D eigenvalue weighted by Gasteiger charge is -2.10. The Balaban J connectivity index is 1.29. The Hall–Kier alpha value is -3.22. The van der Waals surface area contributed by atoms with Crippen LogP contribution in [0.5, 0.6) is 34.5 Å². The smallest absolute Gasteiger partial charge is 0.188 e. The SMILES string of the molecule is COCOc1ccc(Oc2ccc(Oc3ccc(OCC4CO4)cc3)cc2)cc1. The van der Waals surface area contributed by atoms with Crippen molar-refractivity contribution in [2.24, 2.45) is 0 Å². The minimum Gasteiger partial charge on any atom is -0.491 e. The van der Waals surface area contributed by atoms with Gasteiger partial charge in [-0.15, -0.1) is 0 Å². The molecule has 29 heavy (non-hydrogen) atoms. The van der Waals surface area contributed by atoms with Gasteiger partial charge in [-0.25, -0.2) is 0 Å². The molecule has 0 aliphatic carbocycles. The molecular formula is C23H22O6. The van der Waals surface area contributed by atoms with Crippen LogP contribution >= 0.6 is 0 Å². The van der Waals surface area contributed by atoms with Crippen molar-refractivity contribution >= 4 is 0 Å². The largest absolute Gasteiger partial charge is 0.491 e. The van der Waals surface area contributed by atoms with Gasteiger partial charge in [-0.05, 0) is 72.8 Å². The Morgan fingerprint density at radius 2 is 1.03 bits per heavy atom. The normalized spacial score (nSPS) is 14.9. The highest BCUT2D eigenvalue weighted by Crippen LogP contribution is 2.28. The van der Waals surface area contributed by atoms with Crippen LogP contribution in [0.3, 0.4) is 0 Å². The van der Waals surface area contributed by atoms with Gasteiger partial charge in [0.05, 0.1) is 6.61 Å². The molecule has 0 saturated carbocycles. The van der Waals surface area contributed by atoms with Crippen LogP contribution in [0.15, 0.2) is 72.8 Å². The molecule has 1 unspecified atom stereocenters. The third-order valence-corrected chi connectivity index (χ3v) is 4.12. The summed E-state index contributed by atoms with van der Waals surface area (Å²) in [4.78, 5) is 0. The predicted molar refractivity (Wildman–Crippen MR) is 107 cm³/mol. The maximum atomic E-state index is 5.87. The second-order valence-corrected chi connectivity index (χ2v) is 6.44. The summed E-state index contributed by atoms with van der Waals surface area (Å²) < 4.78 is 32.7. The molecule has 3 aromatic rings. The van der Waals surface area contributed by atoms with Crippen LogP contribution in [0.2, 0.25) is 0 Å². The van der Waals surface area contributed by atoms with Gasteiger partial charge in [0.25, 0.3) is 0 Å². The van der Waals surface area contributed by atoms with Gasteiger partial charge in [0.1, 0.15) is 47.2 Å². The first-order chi connectivity index (χ1) is 14.3. The Bertz CT molecular complexity index is 886. The van der Waals surface area contributed by atoms with Gasteiger partial charge in [-0.3, -0.25) is 0 Å². The number of hydrogen-bond acceptors (Lipinski definition) is 6. The third kappa shape index (κ3) is 5.88. The van der Waals surface area contributed by atoms with Gasteiger partial charge in [0, 0.05) is 7.11 Å². The van der Waals surface area contributed by atoms with Crippen LogP contribution in [-0.4, -0.2) is 33.2 Å². The van der Waals surface area contributed by atoms with Gasteiger partial charge < -0.3 is 28.4 Å². The predicted octanol–water partition coefficient (Wildman–Crippen LogP) is 5.03. The van der Waals surface area contributed by atoms with Gasteiger partial charge in [-0.2, -0.15) is 0 Å². The number of methoxy groups -OCH3 is 1. The topological polar surface area (TPSA) is 58.7 Å². The molecule has 4 rings (SSSR count). The summed E-state index contributed by atoms with van der Waals surface area (Å²) >= 11 is 0. The average Bonchev–Trinajstić information content (AvgIpc) is 3.59. The molecule has 3 aromatic carbocycles. The minimum absolute atomic E-state index is 0.215. The van der Waals surface area contributed by atoms with Gasteiger partial charge in [-0.1, -0.05) is 0 Å². The summed E-state index contributed by atoms with van der Waals surface area (Å²) in [5.41, 5.74) is 0. The Labute approximate surface area is 169 Å². The highest BCUT2D eigenvalue weighted by atomic mass is 16.7. The summed E-state index contributed by atoms with van der Waals surface area (Å²) in [7, 11) is 1.58. The fourth-order valence-electron chi connectivity index (χ4n) is 2.54. The van der Waals surface area contributed by atoms with Crippen molar-refractivity contribution in [1.82, 2.24) is 0 Å². The van der Waals surface area contributed by atoms with E-state index in [0.29, 0.717) is 12.4 Å². The van der Waals surface area contributed by atoms with Crippen LogP contribution in [0, 0.1) is 0 Å². The van der Waals surface area contributed by atoms with E-state index in [2.05, 4.69) is 0 Å². The lowest BCUT2D eigenvalue weighted by Crippen LogP contribution is -2.03. The van der Waals surface area contributed by atoms with Crippen molar-refractivity contribution in [2.45, 2.75) is 6.10 Å². The molecule has 0 aromatic heterocycles. The average molecular weight is 394 g/mol. The monoisotopic (exact) mass is 394 g/mol. The highest BCUT2D eigenvalue weighted by Gasteiger charge is 2.22. The first-order valence-corrected chi connectivity index (χ1v) is 9.30. The van der Waals surface area contributed by atoms with Crippen molar-refractivity contribution in [3.05, 3.63) is 72.8 Å². The van der Waals surface area contributed by atoms with Crippen molar-refractivity contribution in [3.8, 4) is 34.5 Å². The zero-order chi connectivity index (χ0) is 19.9. The molecule has 1 atom stereocenters. The van der Waals surface area contributed by atoms with E-state index in [1.54, 1.807) is 7.11 Å². The van der Waals surface area contributed by atoms with E-state index in [-0.39, 0.29) is 12.9 Å². The maximum absolute atomic E-state index is 5.87. The molecule has 0 amide bonds. The number of ether oxygens (including phenoxy) is 6. The quantitative estimate of drug-likeness (QED) is 0.355. The molecule has 0 bridgehead atoms. The van der Waals surface area contributed by atoms with Crippen LogP contribution < -0.4 is 18.9 Å². The number of rotatable bonds is 10. The highest BCUT2D eigenvalue weighted by molar-refractivity contribution is 5.40. The molecule has 1 heterocycles. The molecule has 1 fully saturated rings. The van der Waals surface area contributed by atoms with Gasteiger partial charge in [0.15, 0.2) is 6.79 Å². The van der Waals surface area contributed by atoms with Crippen molar-refractivity contribution in [3.63, 3.8) is 0 Å². The second kappa shape index (κ2) is 9.32. The molecule has 0 radical (unpaired) electrons. The summed E-state index contributed by atoms with van der Waals surface area (Å²) in [6.45, 7) is 1.59. The van der Waals surface area contributed by atoms with E-state index in [1.807, 2.05) is 72.8 Å². The van der Waals surface area contributed by atoms with E-state index >= 15 is 0 Å². The Kier molecular flexibility index (Phi) is 6.14. The zero-order valence-corrected chi connectivity index (χ0v) is 16.1. The minimum atomic E-state index is 0.215. The fourth-order valence-corrected chi connectivity index (χ4v) is 2.54. The van der Waals surface area contributed by atoms with Crippen LogP contribution in [0.25, 0.3) is 0 Å². The summed E-state index contributed by atoms with van der Waals surface area (Å²) in [6.07, 6.45) is 0.244. The Morgan fingerprint density at radius 3 is 1.41 bits per heavy atom. The molecule has 6 nitrogen and oxygen atoms in total. The molecule has 6 heteroatoms. The first kappa shape index (κ1) is 19.1. The molecule has 1 aliphatic rings. The van der Waals surface area contributed by atoms with E-state index in [1.165, 1.54) is 0 Å². The standard InChI is InChI=1S/C23H22O6/c1-24-16-27-18-4-8-20(9-5-18)29-22-12-10-21(11-13-22)28-19-6-2-17(3-7-19)25-14-23-15-26-23/h2-13,23H,14-16H2,1H3. The molecule has 1 saturated heterocycles. The molecular weight excluding hydrogens is 372 g/mol. The fraction of sp³-hybridized carbons (Fsp3) is 0.217. The first-order valence-electron chi connectivity index (χ1n) is 9.30. The van der Waals surface area contributed by atoms with Crippen LogP contribution in [0.1, 0.15) is 0 Å². The van der Waals surface area contributed by atoms with Gasteiger partial charge >= 0.3 is 0 Å². The third-order valence-electron chi connectivity index (χ3n) is 4.12. The molecule has 150 valence electrons. The summed E-state index contributed by atoms with van der Waals surface area (Å²) in [5.74, 6) is 4.42. The molecule has 1 aliphatic heterocycles. The summed E-state index contributed by atoms with van der Waals surface area (Å²) in [6, 6.07) is 22.3. The lowest BCUT2D eigenvalue weighted by molar-refractivity contribution is 0.0511. The number of benzene rings is 3.